The molecule has 2 atom stereocenters. The summed E-state index contributed by atoms with van der Waals surface area (Å²) in [4.78, 5) is 2.54. The molecule has 2 fully saturated rings. The maximum atomic E-state index is 5.86. The highest BCUT2D eigenvalue weighted by atomic mass is 16.5. The van der Waals surface area contributed by atoms with Crippen LogP contribution in [0.1, 0.15) is 24.8 Å². The smallest absolute Gasteiger partial charge is 0.0779 e. The van der Waals surface area contributed by atoms with E-state index in [0.29, 0.717) is 12.1 Å². The molecule has 1 saturated heterocycles. The Bertz CT molecular complexity index is 390. The third-order valence-electron chi connectivity index (χ3n) is 4.18. The van der Waals surface area contributed by atoms with E-state index in [-0.39, 0.29) is 0 Å². The molecule has 3 rings (SSSR count). The SMILES string of the molecule is NCCc1ccc(N2CCOC3CCCC32)cc1. The predicted octanol–water partition coefficient (Wildman–Crippen LogP) is 1.95. The van der Waals surface area contributed by atoms with Crippen molar-refractivity contribution in [1.82, 2.24) is 0 Å². The number of rotatable bonds is 3. The van der Waals surface area contributed by atoms with E-state index in [9.17, 15) is 0 Å². The third kappa shape index (κ3) is 2.25. The van der Waals surface area contributed by atoms with Crippen LogP contribution >= 0.6 is 0 Å². The Morgan fingerprint density at radius 2 is 2.06 bits per heavy atom. The van der Waals surface area contributed by atoms with Crippen LogP contribution in [0.4, 0.5) is 5.69 Å². The first kappa shape index (κ1) is 12.0. The van der Waals surface area contributed by atoms with Gasteiger partial charge in [-0.15, -0.1) is 0 Å². The van der Waals surface area contributed by atoms with Gasteiger partial charge in [0.2, 0.25) is 0 Å². The van der Waals surface area contributed by atoms with E-state index < -0.39 is 0 Å². The molecule has 1 aromatic rings. The topological polar surface area (TPSA) is 38.5 Å². The van der Waals surface area contributed by atoms with E-state index in [2.05, 4.69) is 29.2 Å². The predicted molar refractivity (Wildman–Crippen MR) is 73.9 cm³/mol. The van der Waals surface area contributed by atoms with E-state index in [1.54, 1.807) is 0 Å². The number of hydrogen-bond acceptors (Lipinski definition) is 3. The number of hydrogen-bond donors (Lipinski definition) is 1. The number of nitrogens with zero attached hydrogens (tertiary/aromatic N) is 1. The van der Waals surface area contributed by atoms with Gasteiger partial charge in [0.15, 0.2) is 0 Å². The van der Waals surface area contributed by atoms with Gasteiger partial charge in [0, 0.05) is 12.2 Å². The van der Waals surface area contributed by atoms with Crippen LogP contribution in [0.3, 0.4) is 0 Å². The average Bonchev–Trinajstić information content (AvgIpc) is 2.88. The first-order chi connectivity index (χ1) is 8.88. The van der Waals surface area contributed by atoms with Gasteiger partial charge in [0.05, 0.1) is 18.8 Å². The molecule has 0 radical (unpaired) electrons. The molecule has 0 aromatic heterocycles. The van der Waals surface area contributed by atoms with Crippen molar-refractivity contribution in [2.45, 2.75) is 37.8 Å². The Kier molecular flexibility index (Phi) is 3.52. The normalized spacial score (nSPS) is 27.3. The minimum absolute atomic E-state index is 0.461. The van der Waals surface area contributed by atoms with E-state index in [4.69, 9.17) is 10.5 Å². The van der Waals surface area contributed by atoms with E-state index >= 15 is 0 Å². The molecular formula is C15H22N2O. The number of anilines is 1. The van der Waals surface area contributed by atoms with Crippen LogP contribution < -0.4 is 10.6 Å². The van der Waals surface area contributed by atoms with Crippen molar-refractivity contribution < 1.29 is 4.74 Å². The van der Waals surface area contributed by atoms with Gasteiger partial charge < -0.3 is 15.4 Å². The van der Waals surface area contributed by atoms with Crippen molar-refractivity contribution in [1.29, 1.82) is 0 Å². The zero-order chi connectivity index (χ0) is 12.4. The Hall–Kier alpha value is -1.06. The monoisotopic (exact) mass is 246 g/mol. The Balaban J connectivity index is 1.76. The molecule has 18 heavy (non-hydrogen) atoms. The molecule has 3 heteroatoms. The number of nitrogens with two attached hydrogens (primary N) is 1. The molecule has 1 aromatic carbocycles. The van der Waals surface area contributed by atoms with Gasteiger partial charge in [-0.1, -0.05) is 12.1 Å². The molecule has 1 aliphatic carbocycles. The summed E-state index contributed by atoms with van der Waals surface area (Å²) in [6, 6.07) is 9.50. The van der Waals surface area contributed by atoms with Crippen molar-refractivity contribution in [2.24, 2.45) is 5.73 Å². The fraction of sp³-hybridized carbons (Fsp3) is 0.600. The summed E-state index contributed by atoms with van der Waals surface area (Å²) in [6.07, 6.45) is 5.23. The van der Waals surface area contributed by atoms with Crippen molar-refractivity contribution in [3.8, 4) is 0 Å². The lowest BCUT2D eigenvalue weighted by Gasteiger charge is -2.39. The lowest BCUT2D eigenvalue weighted by Crippen LogP contribution is -2.48. The number of ether oxygens (including phenoxy) is 1. The van der Waals surface area contributed by atoms with Crippen LogP contribution in [0.15, 0.2) is 24.3 Å². The lowest BCUT2D eigenvalue weighted by atomic mass is 10.1. The Morgan fingerprint density at radius 1 is 1.22 bits per heavy atom. The first-order valence-electron chi connectivity index (χ1n) is 7.06. The molecule has 98 valence electrons. The molecule has 3 nitrogen and oxygen atoms in total. The minimum atomic E-state index is 0.461. The number of benzene rings is 1. The quantitative estimate of drug-likeness (QED) is 0.886. The molecule has 2 N–H and O–H groups in total. The summed E-state index contributed by atoms with van der Waals surface area (Å²) >= 11 is 0. The second-order valence-electron chi connectivity index (χ2n) is 5.31. The summed E-state index contributed by atoms with van der Waals surface area (Å²) in [5.41, 5.74) is 8.26. The largest absolute Gasteiger partial charge is 0.374 e. The highest BCUT2D eigenvalue weighted by Gasteiger charge is 2.35. The molecule has 1 saturated carbocycles. The zero-order valence-corrected chi connectivity index (χ0v) is 10.8. The second-order valence-corrected chi connectivity index (χ2v) is 5.31. The molecule has 1 aliphatic heterocycles. The Labute approximate surface area is 109 Å². The number of fused-ring (bicyclic) bond motifs is 1. The van der Waals surface area contributed by atoms with Crippen LogP contribution in [0.25, 0.3) is 0 Å². The molecule has 0 amide bonds. The average molecular weight is 246 g/mol. The second kappa shape index (κ2) is 5.29. The van der Waals surface area contributed by atoms with Crippen LogP contribution in [-0.4, -0.2) is 31.8 Å². The molecule has 0 spiro atoms. The van der Waals surface area contributed by atoms with Gasteiger partial charge in [-0.2, -0.15) is 0 Å². The van der Waals surface area contributed by atoms with Gasteiger partial charge in [0.1, 0.15) is 0 Å². The van der Waals surface area contributed by atoms with Crippen molar-refractivity contribution in [2.75, 3.05) is 24.6 Å². The van der Waals surface area contributed by atoms with Gasteiger partial charge in [0.25, 0.3) is 0 Å². The molecule has 2 unspecified atom stereocenters. The van der Waals surface area contributed by atoms with E-state index in [0.717, 1.165) is 26.1 Å². The fourth-order valence-corrected chi connectivity index (χ4v) is 3.27. The lowest BCUT2D eigenvalue weighted by molar-refractivity contribution is 0.0256. The molecule has 0 bridgehead atoms. The maximum Gasteiger partial charge on any atom is 0.0779 e. The van der Waals surface area contributed by atoms with Crippen molar-refractivity contribution >= 4 is 5.69 Å². The van der Waals surface area contributed by atoms with Crippen molar-refractivity contribution in [3.05, 3.63) is 29.8 Å². The maximum absolute atomic E-state index is 5.86. The Morgan fingerprint density at radius 3 is 2.83 bits per heavy atom. The third-order valence-corrected chi connectivity index (χ3v) is 4.18. The van der Waals surface area contributed by atoms with Crippen LogP contribution in [0, 0.1) is 0 Å². The molecule has 1 heterocycles. The van der Waals surface area contributed by atoms with Crippen molar-refractivity contribution in [3.63, 3.8) is 0 Å². The highest BCUT2D eigenvalue weighted by molar-refractivity contribution is 5.49. The molecule has 2 aliphatic rings. The van der Waals surface area contributed by atoms with Gasteiger partial charge in [-0.3, -0.25) is 0 Å². The standard InChI is InChI=1S/C15H22N2O/c16-9-8-12-4-6-13(7-5-12)17-10-11-18-15-3-1-2-14(15)17/h4-7,14-15H,1-3,8-11,16H2. The van der Waals surface area contributed by atoms with Crippen LogP contribution in [0.2, 0.25) is 0 Å². The minimum Gasteiger partial charge on any atom is -0.374 e. The highest BCUT2D eigenvalue weighted by Crippen LogP contribution is 2.33. The summed E-state index contributed by atoms with van der Waals surface area (Å²) < 4.78 is 5.86. The van der Waals surface area contributed by atoms with Crippen LogP contribution in [-0.2, 0) is 11.2 Å². The molecular weight excluding hydrogens is 224 g/mol. The van der Waals surface area contributed by atoms with E-state index in [1.165, 1.54) is 30.5 Å². The summed E-state index contributed by atoms with van der Waals surface area (Å²) in [6.45, 7) is 2.62. The zero-order valence-electron chi connectivity index (χ0n) is 10.8. The summed E-state index contributed by atoms with van der Waals surface area (Å²) in [7, 11) is 0. The summed E-state index contributed by atoms with van der Waals surface area (Å²) in [5, 5.41) is 0. The first-order valence-corrected chi connectivity index (χ1v) is 7.06. The summed E-state index contributed by atoms with van der Waals surface area (Å²) in [5.74, 6) is 0. The van der Waals surface area contributed by atoms with Gasteiger partial charge in [-0.25, -0.2) is 0 Å². The van der Waals surface area contributed by atoms with Crippen LogP contribution in [0.5, 0.6) is 0 Å². The van der Waals surface area contributed by atoms with Gasteiger partial charge in [-0.05, 0) is 49.9 Å². The fourth-order valence-electron chi connectivity index (χ4n) is 3.27. The van der Waals surface area contributed by atoms with E-state index in [1.807, 2.05) is 0 Å². The van der Waals surface area contributed by atoms with Gasteiger partial charge >= 0.3 is 0 Å². The number of morpholine rings is 1.